The normalized spacial score (nSPS) is 18.4. The first kappa shape index (κ1) is 11.5. The highest BCUT2D eigenvalue weighted by atomic mass is 35.5. The van der Waals surface area contributed by atoms with E-state index in [4.69, 9.17) is 11.6 Å². The summed E-state index contributed by atoms with van der Waals surface area (Å²) in [6.07, 6.45) is 5.33. The SMILES string of the molecule is Cn1ncc2c1CCCC2Nc1cccc(Cl)n1. The molecule has 0 fully saturated rings. The van der Waals surface area contributed by atoms with Crippen LogP contribution >= 0.6 is 11.6 Å². The Morgan fingerprint density at radius 1 is 1.44 bits per heavy atom. The van der Waals surface area contributed by atoms with Gasteiger partial charge in [-0.1, -0.05) is 17.7 Å². The molecule has 0 aromatic carbocycles. The molecule has 5 heteroatoms. The summed E-state index contributed by atoms with van der Waals surface area (Å²) < 4.78 is 1.97. The highest BCUT2D eigenvalue weighted by molar-refractivity contribution is 6.29. The Labute approximate surface area is 111 Å². The molecule has 0 amide bonds. The van der Waals surface area contributed by atoms with Crippen LogP contribution in [0.15, 0.2) is 24.4 Å². The van der Waals surface area contributed by atoms with Crippen LogP contribution in [-0.4, -0.2) is 14.8 Å². The van der Waals surface area contributed by atoms with Crippen LogP contribution in [0.4, 0.5) is 5.82 Å². The lowest BCUT2D eigenvalue weighted by Crippen LogP contribution is -2.18. The number of nitrogens with zero attached hydrogens (tertiary/aromatic N) is 3. The fourth-order valence-electron chi connectivity index (χ4n) is 2.52. The van der Waals surface area contributed by atoms with Crippen molar-refractivity contribution >= 4 is 17.4 Å². The molecule has 0 radical (unpaired) electrons. The van der Waals surface area contributed by atoms with Gasteiger partial charge in [0.2, 0.25) is 0 Å². The highest BCUT2D eigenvalue weighted by Gasteiger charge is 2.23. The first-order valence-corrected chi connectivity index (χ1v) is 6.52. The van der Waals surface area contributed by atoms with Gasteiger partial charge in [-0.05, 0) is 31.4 Å². The van der Waals surface area contributed by atoms with Crippen LogP contribution in [0, 0.1) is 0 Å². The molecule has 2 heterocycles. The van der Waals surface area contributed by atoms with Crippen LogP contribution in [-0.2, 0) is 13.5 Å². The number of nitrogens with one attached hydrogen (secondary N) is 1. The number of pyridine rings is 1. The molecular formula is C13H15ClN4. The molecule has 1 aliphatic rings. The van der Waals surface area contributed by atoms with Crippen LogP contribution in [0.2, 0.25) is 5.15 Å². The van der Waals surface area contributed by atoms with Crippen molar-refractivity contribution in [3.05, 3.63) is 40.8 Å². The Morgan fingerprint density at radius 2 is 2.33 bits per heavy atom. The Balaban J connectivity index is 1.86. The maximum Gasteiger partial charge on any atom is 0.131 e. The number of hydrogen-bond donors (Lipinski definition) is 1. The van der Waals surface area contributed by atoms with E-state index in [9.17, 15) is 0 Å². The minimum Gasteiger partial charge on any atom is -0.363 e. The lowest BCUT2D eigenvalue weighted by Gasteiger charge is -2.24. The van der Waals surface area contributed by atoms with E-state index in [1.807, 2.05) is 30.1 Å². The van der Waals surface area contributed by atoms with E-state index < -0.39 is 0 Å². The van der Waals surface area contributed by atoms with E-state index in [0.29, 0.717) is 5.15 Å². The van der Waals surface area contributed by atoms with Gasteiger partial charge in [-0.3, -0.25) is 4.68 Å². The summed E-state index contributed by atoms with van der Waals surface area (Å²) in [5.41, 5.74) is 2.60. The maximum absolute atomic E-state index is 5.90. The van der Waals surface area contributed by atoms with Crippen molar-refractivity contribution in [2.24, 2.45) is 7.05 Å². The molecule has 0 saturated carbocycles. The first-order chi connectivity index (χ1) is 8.74. The maximum atomic E-state index is 5.90. The van der Waals surface area contributed by atoms with Gasteiger partial charge in [-0.25, -0.2) is 4.98 Å². The van der Waals surface area contributed by atoms with Crippen molar-refractivity contribution in [1.82, 2.24) is 14.8 Å². The molecule has 0 saturated heterocycles. The van der Waals surface area contributed by atoms with Gasteiger partial charge >= 0.3 is 0 Å². The summed E-state index contributed by atoms with van der Waals surface area (Å²) in [5.74, 6) is 0.823. The Hall–Kier alpha value is -1.55. The summed E-state index contributed by atoms with van der Waals surface area (Å²) in [5, 5.41) is 8.30. The third-order valence-corrected chi connectivity index (χ3v) is 3.62. The fourth-order valence-corrected chi connectivity index (χ4v) is 2.69. The molecule has 0 aliphatic heterocycles. The van der Waals surface area contributed by atoms with Gasteiger partial charge in [0.1, 0.15) is 11.0 Å². The van der Waals surface area contributed by atoms with Gasteiger partial charge in [0.25, 0.3) is 0 Å². The quantitative estimate of drug-likeness (QED) is 0.846. The molecule has 4 nitrogen and oxygen atoms in total. The average molecular weight is 263 g/mol. The largest absolute Gasteiger partial charge is 0.363 e. The zero-order valence-corrected chi connectivity index (χ0v) is 11.0. The second-order valence-corrected chi connectivity index (χ2v) is 4.99. The molecule has 1 unspecified atom stereocenters. The Bertz CT molecular complexity index is 564. The zero-order valence-electron chi connectivity index (χ0n) is 10.2. The second-order valence-electron chi connectivity index (χ2n) is 4.60. The van der Waals surface area contributed by atoms with Gasteiger partial charge in [0, 0.05) is 18.3 Å². The van der Waals surface area contributed by atoms with Crippen LogP contribution in [0.5, 0.6) is 0 Å². The van der Waals surface area contributed by atoms with E-state index in [1.54, 1.807) is 6.07 Å². The standard InChI is InChI=1S/C13H15ClN4/c1-18-11-5-2-4-10(9(11)8-15-18)16-13-7-3-6-12(14)17-13/h3,6-8,10H,2,4-5H2,1H3,(H,16,17). The molecule has 2 aromatic rings. The predicted octanol–water partition coefficient (Wildman–Crippen LogP) is 2.96. The number of aryl methyl sites for hydroxylation is 1. The van der Waals surface area contributed by atoms with E-state index >= 15 is 0 Å². The van der Waals surface area contributed by atoms with Gasteiger partial charge in [-0.2, -0.15) is 5.10 Å². The third kappa shape index (κ3) is 2.08. The van der Waals surface area contributed by atoms with Crippen molar-refractivity contribution in [2.45, 2.75) is 25.3 Å². The van der Waals surface area contributed by atoms with E-state index in [-0.39, 0.29) is 6.04 Å². The van der Waals surface area contributed by atoms with E-state index in [0.717, 1.165) is 18.7 Å². The summed E-state index contributed by atoms with van der Waals surface area (Å²) >= 11 is 5.90. The molecule has 0 spiro atoms. The van der Waals surface area contributed by atoms with Crippen molar-refractivity contribution < 1.29 is 0 Å². The predicted molar refractivity (Wildman–Crippen MR) is 71.8 cm³/mol. The van der Waals surface area contributed by atoms with Crippen molar-refractivity contribution in [3.63, 3.8) is 0 Å². The van der Waals surface area contributed by atoms with Gasteiger partial charge in [0.15, 0.2) is 0 Å². The van der Waals surface area contributed by atoms with Gasteiger partial charge in [-0.15, -0.1) is 0 Å². The molecule has 2 aromatic heterocycles. The molecule has 1 aliphatic carbocycles. The number of anilines is 1. The van der Waals surface area contributed by atoms with Crippen LogP contribution in [0.1, 0.15) is 30.1 Å². The number of rotatable bonds is 2. The summed E-state index contributed by atoms with van der Waals surface area (Å²) in [4.78, 5) is 4.27. The summed E-state index contributed by atoms with van der Waals surface area (Å²) in [6, 6.07) is 5.91. The number of halogens is 1. The summed E-state index contributed by atoms with van der Waals surface area (Å²) in [6.45, 7) is 0. The minimum atomic E-state index is 0.286. The minimum absolute atomic E-state index is 0.286. The number of hydrogen-bond acceptors (Lipinski definition) is 3. The first-order valence-electron chi connectivity index (χ1n) is 6.14. The monoisotopic (exact) mass is 262 g/mol. The fraction of sp³-hybridized carbons (Fsp3) is 0.385. The Kier molecular flexibility index (Phi) is 2.96. The van der Waals surface area contributed by atoms with E-state index in [2.05, 4.69) is 15.4 Å². The smallest absolute Gasteiger partial charge is 0.131 e. The molecule has 0 bridgehead atoms. The van der Waals surface area contributed by atoms with Gasteiger partial charge < -0.3 is 5.32 Å². The van der Waals surface area contributed by atoms with Gasteiger partial charge in [0.05, 0.1) is 12.2 Å². The van der Waals surface area contributed by atoms with E-state index in [1.165, 1.54) is 17.7 Å². The summed E-state index contributed by atoms with van der Waals surface area (Å²) in [7, 11) is 2.00. The highest BCUT2D eigenvalue weighted by Crippen LogP contribution is 2.31. The van der Waals surface area contributed by atoms with Crippen LogP contribution in [0.3, 0.4) is 0 Å². The molecule has 1 atom stereocenters. The molecule has 3 rings (SSSR count). The molecule has 1 N–H and O–H groups in total. The van der Waals surface area contributed by atoms with Crippen LogP contribution < -0.4 is 5.32 Å². The second kappa shape index (κ2) is 4.61. The molecular weight excluding hydrogens is 248 g/mol. The number of fused-ring (bicyclic) bond motifs is 1. The lowest BCUT2D eigenvalue weighted by molar-refractivity contribution is 0.570. The Morgan fingerprint density at radius 3 is 3.17 bits per heavy atom. The topological polar surface area (TPSA) is 42.7 Å². The third-order valence-electron chi connectivity index (χ3n) is 3.41. The molecule has 94 valence electrons. The van der Waals surface area contributed by atoms with Crippen molar-refractivity contribution in [2.75, 3.05) is 5.32 Å². The van der Waals surface area contributed by atoms with Crippen LogP contribution in [0.25, 0.3) is 0 Å². The van der Waals surface area contributed by atoms with Crippen molar-refractivity contribution in [1.29, 1.82) is 0 Å². The zero-order chi connectivity index (χ0) is 12.5. The molecule has 18 heavy (non-hydrogen) atoms. The number of aromatic nitrogens is 3. The average Bonchev–Trinajstić information content (AvgIpc) is 2.73. The van der Waals surface area contributed by atoms with Crippen molar-refractivity contribution in [3.8, 4) is 0 Å². The lowest BCUT2D eigenvalue weighted by atomic mass is 9.93.